The molecule has 17 heavy (non-hydrogen) atoms. The Labute approximate surface area is 103 Å². The molecular formula is C13H22N2O2. The summed E-state index contributed by atoms with van der Waals surface area (Å²) in [5, 5.41) is 3.28. The van der Waals surface area contributed by atoms with Crippen LogP contribution in [0.4, 0.5) is 0 Å². The van der Waals surface area contributed by atoms with Gasteiger partial charge in [0.05, 0.1) is 12.8 Å². The third kappa shape index (κ3) is 4.13. The summed E-state index contributed by atoms with van der Waals surface area (Å²) < 4.78 is 10.7. The van der Waals surface area contributed by atoms with E-state index in [2.05, 4.69) is 10.3 Å². The lowest BCUT2D eigenvalue weighted by atomic mass is 9.82. The van der Waals surface area contributed by atoms with Crippen molar-refractivity contribution >= 4 is 0 Å². The predicted molar refractivity (Wildman–Crippen MR) is 66.0 cm³/mol. The van der Waals surface area contributed by atoms with Crippen LogP contribution in [0.25, 0.3) is 0 Å². The van der Waals surface area contributed by atoms with Crippen LogP contribution in [0.1, 0.15) is 30.9 Å². The SMILES string of the molecule is COCCNCCc1ncc(CC2CCC2)o1. The minimum absolute atomic E-state index is 0.749. The molecule has 0 unspecified atom stereocenters. The molecule has 1 heterocycles. The Morgan fingerprint density at radius 1 is 1.47 bits per heavy atom. The lowest BCUT2D eigenvalue weighted by Crippen LogP contribution is -2.21. The Hall–Kier alpha value is -0.870. The van der Waals surface area contributed by atoms with E-state index in [1.165, 1.54) is 19.3 Å². The highest BCUT2D eigenvalue weighted by molar-refractivity contribution is 4.97. The fraction of sp³-hybridized carbons (Fsp3) is 0.769. The molecule has 0 saturated heterocycles. The first-order chi connectivity index (χ1) is 8.38. The van der Waals surface area contributed by atoms with E-state index in [4.69, 9.17) is 9.15 Å². The summed E-state index contributed by atoms with van der Waals surface area (Å²) in [6.45, 7) is 2.53. The van der Waals surface area contributed by atoms with Crippen molar-refractivity contribution in [2.45, 2.75) is 32.1 Å². The number of nitrogens with one attached hydrogen (secondary N) is 1. The fourth-order valence-electron chi connectivity index (χ4n) is 2.03. The molecule has 0 bridgehead atoms. The zero-order valence-corrected chi connectivity index (χ0v) is 10.6. The first-order valence-corrected chi connectivity index (χ1v) is 6.51. The van der Waals surface area contributed by atoms with Crippen LogP contribution in [0.3, 0.4) is 0 Å². The van der Waals surface area contributed by atoms with Crippen LogP contribution >= 0.6 is 0 Å². The molecule has 96 valence electrons. The van der Waals surface area contributed by atoms with Gasteiger partial charge in [-0.1, -0.05) is 19.3 Å². The van der Waals surface area contributed by atoms with Crippen molar-refractivity contribution in [3.05, 3.63) is 17.8 Å². The van der Waals surface area contributed by atoms with Crippen molar-refractivity contribution in [2.75, 3.05) is 26.8 Å². The van der Waals surface area contributed by atoms with Gasteiger partial charge in [0.25, 0.3) is 0 Å². The van der Waals surface area contributed by atoms with Gasteiger partial charge in [0.2, 0.25) is 0 Å². The van der Waals surface area contributed by atoms with E-state index in [0.717, 1.165) is 50.1 Å². The van der Waals surface area contributed by atoms with Gasteiger partial charge >= 0.3 is 0 Å². The number of rotatable bonds is 8. The van der Waals surface area contributed by atoms with E-state index in [-0.39, 0.29) is 0 Å². The number of hydrogen-bond donors (Lipinski definition) is 1. The first-order valence-electron chi connectivity index (χ1n) is 6.51. The molecule has 4 nitrogen and oxygen atoms in total. The number of oxazole rings is 1. The van der Waals surface area contributed by atoms with E-state index < -0.39 is 0 Å². The van der Waals surface area contributed by atoms with Crippen molar-refractivity contribution in [2.24, 2.45) is 5.92 Å². The van der Waals surface area contributed by atoms with Gasteiger partial charge in [-0.05, 0) is 5.92 Å². The average molecular weight is 238 g/mol. The van der Waals surface area contributed by atoms with Gasteiger partial charge in [-0.2, -0.15) is 0 Å². The second kappa shape index (κ2) is 6.77. The summed E-state index contributed by atoms with van der Waals surface area (Å²) in [6, 6.07) is 0. The minimum Gasteiger partial charge on any atom is -0.446 e. The predicted octanol–water partition coefficient (Wildman–Crippen LogP) is 1.80. The molecule has 0 aliphatic heterocycles. The van der Waals surface area contributed by atoms with E-state index in [9.17, 15) is 0 Å². The summed E-state index contributed by atoms with van der Waals surface area (Å²) in [5.74, 6) is 2.75. The molecule has 0 spiro atoms. The smallest absolute Gasteiger partial charge is 0.195 e. The molecule has 1 aromatic heterocycles. The monoisotopic (exact) mass is 238 g/mol. The van der Waals surface area contributed by atoms with Gasteiger partial charge in [0.15, 0.2) is 5.89 Å². The molecule has 0 atom stereocenters. The van der Waals surface area contributed by atoms with Crippen LogP contribution in [0.2, 0.25) is 0 Å². The lowest BCUT2D eigenvalue weighted by Gasteiger charge is -2.23. The second-order valence-electron chi connectivity index (χ2n) is 4.71. The molecule has 1 aliphatic carbocycles. The molecule has 1 aliphatic rings. The maximum Gasteiger partial charge on any atom is 0.195 e. The molecule has 0 aromatic carbocycles. The lowest BCUT2D eigenvalue weighted by molar-refractivity contribution is 0.199. The molecule has 4 heteroatoms. The largest absolute Gasteiger partial charge is 0.446 e. The summed E-state index contributed by atoms with van der Waals surface area (Å²) in [7, 11) is 1.71. The van der Waals surface area contributed by atoms with Crippen molar-refractivity contribution in [3.8, 4) is 0 Å². The second-order valence-corrected chi connectivity index (χ2v) is 4.71. The highest BCUT2D eigenvalue weighted by Gasteiger charge is 2.19. The van der Waals surface area contributed by atoms with Gasteiger partial charge in [-0.3, -0.25) is 0 Å². The summed E-state index contributed by atoms with van der Waals surface area (Å²) in [6.07, 6.45) is 7.92. The Morgan fingerprint density at radius 3 is 3.06 bits per heavy atom. The zero-order valence-electron chi connectivity index (χ0n) is 10.6. The average Bonchev–Trinajstić information content (AvgIpc) is 2.71. The maximum atomic E-state index is 5.71. The Balaban J connectivity index is 1.63. The van der Waals surface area contributed by atoms with E-state index in [1.807, 2.05) is 6.20 Å². The molecule has 1 N–H and O–H groups in total. The fourth-order valence-corrected chi connectivity index (χ4v) is 2.03. The summed E-state index contributed by atoms with van der Waals surface area (Å²) in [4.78, 5) is 4.31. The Kier molecular flexibility index (Phi) is 5.01. The summed E-state index contributed by atoms with van der Waals surface area (Å²) >= 11 is 0. The van der Waals surface area contributed by atoms with Crippen molar-refractivity contribution in [1.29, 1.82) is 0 Å². The van der Waals surface area contributed by atoms with E-state index in [1.54, 1.807) is 7.11 Å². The van der Waals surface area contributed by atoms with Crippen LogP contribution < -0.4 is 5.32 Å². The van der Waals surface area contributed by atoms with Crippen LogP contribution in [0, 0.1) is 5.92 Å². The van der Waals surface area contributed by atoms with Gasteiger partial charge in [-0.25, -0.2) is 4.98 Å². The molecule has 2 rings (SSSR count). The van der Waals surface area contributed by atoms with Gasteiger partial charge in [-0.15, -0.1) is 0 Å². The number of aromatic nitrogens is 1. The Morgan fingerprint density at radius 2 is 2.35 bits per heavy atom. The minimum atomic E-state index is 0.749. The third-order valence-corrected chi connectivity index (χ3v) is 3.31. The third-order valence-electron chi connectivity index (χ3n) is 3.31. The molecular weight excluding hydrogens is 216 g/mol. The molecule has 1 aromatic rings. The first kappa shape index (κ1) is 12.6. The molecule has 0 amide bonds. The standard InChI is InChI=1S/C13H22N2O2/c1-16-8-7-14-6-5-13-15-10-12(17-13)9-11-3-2-4-11/h10-11,14H,2-9H2,1H3. The van der Waals surface area contributed by atoms with Crippen LogP contribution in [-0.4, -0.2) is 31.8 Å². The number of nitrogens with zero attached hydrogens (tertiary/aromatic N) is 1. The van der Waals surface area contributed by atoms with E-state index in [0.29, 0.717) is 0 Å². The van der Waals surface area contributed by atoms with Crippen molar-refractivity contribution < 1.29 is 9.15 Å². The van der Waals surface area contributed by atoms with E-state index >= 15 is 0 Å². The number of methoxy groups -OCH3 is 1. The van der Waals surface area contributed by atoms with Crippen molar-refractivity contribution in [3.63, 3.8) is 0 Å². The van der Waals surface area contributed by atoms with Crippen molar-refractivity contribution in [1.82, 2.24) is 10.3 Å². The normalized spacial score (nSPS) is 16.1. The molecule has 1 saturated carbocycles. The Bertz CT molecular complexity index is 321. The zero-order chi connectivity index (χ0) is 11.9. The topological polar surface area (TPSA) is 47.3 Å². The van der Waals surface area contributed by atoms with Gasteiger partial charge in [0, 0.05) is 33.0 Å². The number of ether oxygens (including phenoxy) is 1. The quantitative estimate of drug-likeness (QED) is 0.701. The van der Waals surface area contributed by atoms with Crippen LogP contribution in [-0.2, 0) is 17.6 Å². The molecule has 0 radical (unpaired) electrons. The number of hydrogen-bond acceptors (Lipinski definition) is 4. The highest BCUT2D eigenvalue weighted by atomic mass is 16.5. The summed E-state index contributed by atoms with van der Waals surface area (Å²) in [5.41, 5.74) is 0. The van der Waals surface area contributed by atoms with Gasteiger partial charge < -0.3 is 14.5 Å². The highest BCUT2D eigenvalue weighted by Crippen LogP contribution is 2.29. The molecule has 1 fully saturated rings. The maximum absolute atomic E-state index is 5.71. The van der Waals surface area contributed by atoms with Crippen LogP contribution in [0.15, 0.2) is 10.6 Å². The van der Waals surface area contributed by atoms with Crippen LogP contribution in [0.5, 0.6) is 0 Å². The van der Waals surface area contributed by atoms with Gasteiger partial charge in [0.1, 0.15) is 5.76 Å².